The Hall–Kier alpha value is -1.52. The van der Waals surface area contributed by atoms with Gasteiger partial charge >= 0.3 is 5.97 Å². The Morgan fingerprint density at radius 2 is 2.11 bits per heavy atom. The molecule has 0 bridgehead atoms. The molecule has 2 N–H and O–H groups in total. The number of nitrogens with zero attached hydrogens (tertiary/aromatic N) is 2. The van der Waals surface area contributed by atoms with E-state index in [-0.39, 0.29) is 11.2 Å². The molecule has 0 saturated heterocycles. The smallest absolute Gasteiger partial charge is 0.360 e. The average Bonchev–Trinajstić information content (AvgIpc) is 3.14. The number of esters is 1. The lowest BCUT2D eigenvalue weighted by Gasteiger charge is -2.29. The first-order valence-electron chi connectivity index (χ1n) is 6.98. The minimum absolute atomic E-state index is 0.0901. The largest absolute Gasteiger partial charge is 0.461 e. The molecule has 0 radical (unpaired) electrons. The third kappa shape index (κ3) is 2.33. The third-order valence-corrected chi connectivity index (χ3v) is 3.92. The van der Waals surface area contributed by atoms with Crippen molar-refractivity contribution in [1.29, 1.82) is 0 Å². The van der Waals surface area contributed by atoms with Crippen molar-refractivity contribution in [2.45, 2.75) is 52.5 Å². The Morgan fingerprint density at radius 3 is 2.58 bits per heavy atom. The van der Waals surface area contributed by atoms with E-state index in [1.807, 2.05) is 11.5 Å². The van der Waals surface area contributed by atoms with Gasteiger partial charge in [0.2, 0.25) is 0 Å². The maximum Gasteiger partial charge on any atom is 0.360 e. The zero-order valence-corrected chi connectivity index (χ0v) is 12.2. The van der Waals surface area contributed by atoms with Crippen molar-refractivity contribution in [3.05, 3.63) is 11.5 Å². The molecule has 1 aliphatic carbocycles. The number of aromatic nitrogens is 2. The molecule has 0 aromatic carbocycles. The normalized spacial score (nSPS) is 15.6. The van der Waals surface area contributed by atoms with Crippen LogP contribution in [0.1, 0.15) is 56.8 Å². The highest BCUT2D eigenvalue weighted by Gasteiger charge is 2.42. The number of nitrogens with two attached hydrogens (primary N) is 1. The second-order valence-electron chi connectivity index (χ2n) is 5.60. The van der Waals surface area contributed by atoms with Gasteiger partial charge < -0.3 is 15.0 Å². The number of anilines is 1. The number of rotatable bonds is 5. The number of ether oxygens (including phenoxy) is 1. The molecule has 19 heavy (non-hydrogen) atoms. The summed E-state index contributed by atoms with van der Waals surface area (Å²) in [6.45, 7) is 8.46. The topological polar surface area (TPSA) is 70.1 Å². The van der Waals surface area contributed by atoms with Crippen LogP contribution in [-0.2, 0) is 16.7 Å². The Morgan fingerprint density at radius 1 is 1.47 bits per heavy atom. The quantitative estimate of drug-likeness (QED) is 0.830. The van der Waals surface area contributed by atoms with E-state index >= 15 is 0 Å². The average molecular weight is 265 g/mol. The van der Waals surface area contributed by atoms with E-state index < -0.39 is 5.97 Å². The van der Waals surface area contributed by atoms with Crippen LogP contribution >= 0.6 is 0 Å². The van der Waals surface area contributed by atoms with Crippen LogP contribution in [0, 0.1) is 5.92 Å². The zero-order valence-electron chi connectivity index (χ0n) is 12.2. The summed E-state index contributed by atoms with van der Waals surface area (Å²) in [5, 5.41) is 0. The Kier molecular flexibility index (Phi) is 3.56. The Balaban J connectivity index is 2.45. The first kappa shape index (κ1) is 13.9. The predicted octanol–water partition coefficient (Wildman–Crippen LogP) is 2.35. The maximum atomic E-state index is 11.9. The van der Waals surface area contributed by atoms with E-state index in [4.69, 9.17) is 10.5 Å². The van der Waals surface area contributed by atoms with Gasteiger partial charge in [-0.25, -0.2) is 9.78 Å². The van der Waals surface area contributed by atoms with Gasteiger partial charge in [0.1, 0.15) is 11.6 Å². The van der Waals surface area contributed by atoms with Gasteiger partial charge in [0.05, 0.1) is 6.61 Å². The van der Waals surface area contributed by atoms with E-state index in [1.54, 1.807) is 6.92 Å². The fourth-order valence-electron chi connectivity index (χ4n) is 2.68. The highest BCUT2D eigenvalue weighted by molar-refractivity contribution is 5.92. The van der Waals surface area contributed by atoms with Gasteiger partial charge in [-0.05, 0) is 39.5 Å². The van der Waals surface area contributed by atoms with Crippen LogP contribution in [0.4, 0.5) is 5.82 Å². The van der Waals surface area contributed by atoms with E-state index in [0.717, 1.165) is 12.2 Å². The molecular weight excluding hydrogens is 242 g/mol. The van der Waals surface area contributed by atoms with Crippen LogP contribution in [0.5, 0.6) is 0 Å². The van der Waals surface area contributed by atoms with Crippen LogP contribution in [-0.4, -0.2) is 22.1 Å². The van der Waals surface area contributed by atoms with E-state index in [0.29, 0.717) is 18.3 Å². The van der Waals surface area contributed by atoms with E-state index in [1.165, 1.54) is 12.8 Å². The first-order valence-corrected chi connectivity index (χ1v) is 6.98. The van der Waals surface area contributed by atoms with Crippen molar-refractivity contribution >= 4 is 11.8 Å². The summed E-state index contributed by atoms with van der Waals surface area (Å²) in [7, 11) is 0. The predicted molar refractivity (Wildman–Crippen MR) is 74.0 cm³/mol. The second kappa shape index (κ2) is 4.87. The molecule has 0 unspecified atom stereocenters. The van der Waals surface area contributed by atoms with E-state index in [9.17, 15) is 4.79 Å². The molecule has 1 aliphatic rings. The fraction of sp³-hybridized carbons (Fsp3) is 0.714. The third-order valence-electron chi connectivity index (χ3n) is 3.92. The fourth-order valence-corrected chi connectivity index (χ4v) is 2.68. The lowest BCUT2D eigenvalue weighted by atomic mass is 9.98. The van der Waals surface area contributed by atoms with Crippen molar-refractivity contribution in [2.24, 2.45) is 5.92 Å². The number of aryl methyl sites for hydroxylation is 1. The summed E-state index contributed by atoms with van der Waals surface area (Å²) in [5.74, 6) is 1.48. The van der Waals surface area contributed by atoms with Crippen molar-refractivity contribution in [1.82, 2.24) is 9.55 Å². The molecule has 0 aliphatic heterocycles. The first-order chi connectivity index (χ1) is 8.93. The summed E-state index contributed by atoms with van der Waals surface area (Å²) in [6, 6.07) is 0. The molecule has 0 spiro atoms. The van der Waals surface area contributed by atoms with E-state index in [2.05, 4.69) is 18.8 Å². The monoisotopic (exact) mass is 265 g/mol. The summed E-state index contributed by atoms with van der Waals surface area (Å²) >= 11 is 0. The molecule has 1 fully saturated rings. The van der Waals surface area contributed by atoms with Crippen molar-refractivity contribution in [3.63, 3.8) is 0 Å². The summed E-state index contributed by atoms with van der Waals surface area (Å²) in [4.78, 5) is 16.3. The molecule has 0 amide bonds. The van der Waals surface area contributed by atoms with Gasteiger partial charge in [-0.1, -0.05) is 6.92 Å². The number of hydrogen-bond acceptors (Lipinski definition) is 4. The van der Waals surface area contributed by atoms with Gasteiger partial charge in [0.25, 0.3) is 0 Å². The number of carbonyl (C=O) groups is 1. The highest BCUT2D eigenvalue weighted by Crippen LogP contribution is 2.45. The minimum Gasteiger partial charge on any atom is -0.461 e. The van der Waals surface area contributed by atoms with Crippen molar-refractivity contribution < 1.29 is 9.53 Å². The number of imidazole rings is 1. The van der Waals surface area contributed by atoms with Crippen LogP contribution in [0.2, 0.25) is 0 Å². The lowest BCUT2D eigenvalue weighted by molar-refractivity contribution is 0.0521. The van der Waals surface area contributed by atoms with Gasteiger partial charge in [0, 0.05) is 12.0 Å². The molecule has 1 aromatic heterocycles. The van der Waals surface area contributed by atoms with Crippen LogP contribution < -0.4 is 5.73 Å². The SMILES string of the molecule is CCOC(=O)c1nc(CC)n(C(C)(C)C2CC2)c1N. The second-order valence-corrected chi connectivity index (χ2v) is 5.60. The van der Waals surface area contributed by atoms with Gasteiger partial charge in [-0.3, -0.25) is 0 Å². The molecule has 0 atom stereocenters. The molecule has 2 rings (SSSR count). The summed E-state index contributed by atoms with van der Waals surface area (Å²) < 4.78 is 7.04. The van der Waals surface area contributed by atoms with Crippen LogP contribution in [0.15, 0.2) is 0 Å². The number of carbonyl (C=O) groups excluding carboxylic acids is 1. The number of hydrogen-bond donors (Lipinski definition) is 1. The highest BCUT2D eigenvalue weighted by atomic mass is 16.5. The van der Waals surface area contributed by atoms with Crippen molar-refractivity contribution in [2.75, 3.05) is 12.3 Å². The molecular formula is C14H23N3O2. The van der Waals surface area contributed by atoms with Crippen LogP contribution in [0.25, 0.3) is 0 Å². The number of nitrogen functional groups attached to an aromatic ring is 1. The van der Waals surface area contributed by atoms with Gasteiger partial charge in [0.15, 0.2) is 5.69 Å². The molecule has 5 nitrogen and oxygen atoms in total. The van der Waals surface area contributed by atoms with Crippen molar-refractivity contribution in [3.8, 4) is 0 Å². The summed E-state index contributed by atoms with van der Waals surface area (Å²) in [5.41, 5.74) is 6.33. The minimum atomic E-state index is -0.431. The van der Waals surface area contributed by atoms with Crippen LogP contribution in [0.3, 0.4) is 0 Å². The molecule has 1 saturated carbocycles. The standard InChI is InChI=1S/C14H23N3O2/c1-5-10-16-11(13(18)19-6-2)12(15)17(10)14(3,4)9-7-8-9/h9H,5-8,15H2,1-4H3. The molecule has 1 aromatic rings. The van der Waals surface area contributed by atoms with Gasteiger partial charge in [-0.2, -0.15) is 0 Å². The molecule has 106 valence electrons. The van der Waals surface area contributed by atoms with Gasteiger partial charge in [-0.15, -0.1) is 0 Å². The maximum absolute atomic E-state index is 11.9. The molecule has 1 heterocycles. The zero-order chi connectivity index (χ0) is 14.2. The summed E-state index contributed by atoms with van der Waals surface area (Å²) in [6.07, 6.45) is 3.17. The lowest BCUT2D eigenvalue weighted by Crippen LogP contribution is -2.31. The Labute approximate surface area is 114 Å². The Bertz CT molecular complexity index is 487. The molecule has 5 heteroatoms.